The van der Waals surface area contributed by atoms with E-state index in [0.29, 0.717) is 18.7 Å². The van der Waals surface area contributed by atoms with E-state index in [0.717, 1.165) is 16.7 Å². The Bertz CT molecular complexity index is 601. The smallest absolute Gasteiger partial charge is 0.232 e. The Morgan fingerprint density at radius 3 is 2.14 bits per heavy atom. The molecule has 0 aliphatic rings. The summed E-state index contributed by atoms with van der Waals surface area (Å²) in [6.07, 6.45) is 1.58. The van der Waals surface area contributed by atoms with Gasteiger partial charge in [-0.25, -0.2) is 8.42 Å². The molecule has 0 aliphatic carbocycles. The zero-order valence-corrected chi connectivity index (χ0v) is 14.2. The van der Waals surface area contributed by atoms with E-state index in [2.05, 4.69) is 5.32 Å². The summed E-state index contributed by atoms with van der Waals surface area (Å²) in [7, 11) is -3.40. The summed E-state index contributed by atoms with van der Waals surface area (Å²) in [5, 5.41) is 2.71. The van der Waals surface area contributed by atoms with Crippen molar-refractivity contribution in [1.82, 2.24) is 5.32 Å². The maximum absolute atomic E-state index is 12.1. The number of amides is 1. The third-order valence-corrected chi connectivity index (χ3v) is 4.41. The summed E-state index contributed by atoms with van der Waals surface area (Å²) in [6.45, 7) is 8.08. The molecule has 0 saturated carbocycles. The molecule has 0 heterocycles. The summed E-state index contributed by atoms with van der Waals surface area (Å²) in [5.74, 6) is -0.0826. The van der Waals surface area contributed by atoms with Crippen LogP contribution in [-0.4, -0.2) is 33.7 Å². The summed E-state index contributed by atoms with van der Waals surface area (Å²) >= 11 is 0. The number of aryl methyl sites for hydroxylation is 3. The number of carbonyl (C=O) groups excluding carboxylic acids is 1. The number of hydrogen-bond donors (Lipinski definition) is 1. The number of benzene rings is 1. The van der Waals surface area contributed by atoms with Crippen LogP contribution >= 0.6 is 0 Å². The largest absolute Gasteiger partial charge is 0.354 e. The monoisotopic (exact) mass is 312 g/mol. The fourth-order valence-corrected chi connectivity index (χ4v) is 3.47. The van der Waals surface area contributed by atoms with Gasteiger partial charge < -0.3 is 5.32 Å². The Kier molecular flexibility index (Phi) is 5.78. The quantitative estimate of drug-likeness (QED) is 0.872. The molecular weight excluding hydrogens is 288 g/mol. The van der Waals surface area contributed by atoms with Crippen LogP contribution in [0.15, 0.2) is 12.1 Å². The van der Waals surface area contributed by atoms with Crippen molar-refractivity contribution in [3.8, 4) is 0 Å². The predicted molar refractivity (Wildman–Crippen MR) is 86.1 cm³/mol. The number of carbonyl (C=O) groups is 1. The van der Waals surface area contributed by atoms with E-state index in [1.165, 1.54) is 10.6 Å². The third-order valence-electron chi connectivity index (χ3n) is 3.24. The van der Waals surface area contributed by atoms with E-state index >= 15 is 0 Å². The Morgan fingerprint density at radius 2 is 1.71 bits per heavy atom. The van der Waals surface area contributed by atoms with Crippen LogP contribution in [0.2, 0.25) is 0 Å². The minimum atomic E-state index is -3.40. The molecule has 21 heavy (non-hydrogen) atoms. The SMILES string of the molecule is CCC(=O)NCCN(c1c(C)cc(C)cc1C)S(C)(=O)=O. The Labute approximate surface area is 127 Å². The van der Waals surface area contributed by atoms with Crippen molar-refractivity contribution in [2.75, 3.05) is 23.7 Å². The normalized spacial score (nSPS) is 11.3. The molecular formula is C15H24N2O3S. The van der Waals surface area contributed by atoms with Gasteiger partial charge in [0.1, 0.15) is 0 Å². The van der Waals surface area contributed by atoms with Crippen LogP contribution in [0, 0.1) is 20.8 Å². The first-order valence-corrected chi connectivity index (χ1v) is 8.84. The van der Waals surface area contributed by atoms with Crippen LogP contribution in [0.25, 0.3) is 0 Å². The van der Waals surface area contributed by atoms with Gasteiger partial charge in [0.15, 0.2) is 0 Å². The van der Waals surface area contributed by atoms with Crippen molar-refractivity contribution in [2.24, 2.45) is 0 Å². The molecule has 1 aromatic carbocycles. The topological polar surface area (TPSA) is 66.5 Å². The van der Waals surface area contributed by atoms with Gasteiger partial charge in [0.25, 0.3) is 0 Å². The van der Waals surface area contributed by atoms with E-state index in [4.69, 9.17) is 0 Å². The standard InChI is InChI=1S/C15H24N2O3S/c1-6-14(18)16-7-8-17(21(5,19)20)15-12(3)9-11(2)10-13(15)4/h9-10H,6-8H2,1-5H3,(H,16,18). The lowest BCUT2D eigenvalue weighted by Crippen LogP contribution is -2.38. The molecule has 5 nitrogen and oxygen atoms in total. The molecule has 0 radical (unpaired) electrons. The lowest BCUT2D eigenvalue weighted by molar-refractivity contribution is -0.120. The van der Waals surface area contributed by atoms with Crippen molar-refractivity contribution < 1.29 is 13.2 Å². The number of rotatable bonds is 6. The van der Waals surface area contributed by atoms with E-state index in [-0.39, 0.29) is 12.5 Å². The number of nitrogens with one attached hydrogen (secondary N) is 1. The summed E-state index contributed by atoms with van der Waals surface area (Å²) in [6, 6.07) is 3.93. The lowest BCUT2D eigenvalue weighted by Gasteiger charge is -2.26. The molecule has 0 bridgehead atoms. The van der Waals surface area contributed by atoms with Gasteiger partial charge in [-0.15, -0.1) is 0 Å². The van der Waals surface area contributed by atoms with Gasteiger partial charge in [0.05, 0.1) is 18.5 Å². The Balaban J connectivity index is 3.08. The maximum atomic E-state index is 12.1. The van der Waals surface area contributed by atoms with Crippen molar-refractivity contribution in [2.45, 2.75) is 34.1 Å². The molecule has 0 spiro atoms. The highest BCUT2D eigenvalue weighted by molar-refractivity contribution is 7.92. The molecule has 0 aliphatic heterocycles. The summed E-state index contributed by atoms with van der Waals surface area (Å²) in [4.78, 5) is 11.3. The first kappa shape index (κ1) is 17.5. The molecule has 0 saturated heterocycles. The highest BCUT2D eigenvalue weighted by atomic mass is 32.2. The first-order valence-electron chi connectivity index (χ1n) is 6.99. The van der Waals surface area contributed by atoms with E-state index in [9.17, 15) is 13.2 Å². The molecule has 0 aromatic heterocycles. The molecule has 1 rings (SSSR count). The van der Waals surface area contributed by atoms with Crippen LogP contribution in [0.5, 0.6) is 0 Å². The Hall–Kier alpha value is -1.56. The first-order chi connectivity index (χ1) is 9.66. The molecule has 1 N–H and O–H groups in total. The molecule has 0 fully saturated rings. The van der Waals surface area contributed by atoms with Crippen molar-refractivity contribution >= 4 is 21.6 Å². The average molecular weight is 312 g/mol. The summed E-state index contributed by atoms with van der Waals surface area (Å²) < 4.78 is 25.5. The van der Waals surface area contributed by atoms with Gasteiger partial charge >= 0.3 is 0 Å². The van der Waals surface area contributed by atoms with E-state index in [1.807, 2.05) is 32.9 Å². The number of sulfonamides is 1. The van der Waals surface area contributed by atoms with Crippen LogP contribution < -0.4 is 9.62 Å². The van der Waals surface area contributed by atoms with Gasteiger partial charge in [-0.05, 0) is 31.9 Å². The van der Waals surface area contributed by atoms with Crippen LogP contribution in [0.3, 0.4) is 0 Å². The third kappa shape index (κ3) is 4.74. The van der Waals surface area contributed by atoms with E-state index < -0.39 is 10.0 Å². The second-order valence-corrected chi connectivity index (χ2v) is 7.19. The minimum absolute atomic E-state index is 0.0826. The zero-order chi connectivity index (χ0) is 16.2. The van der Waals surface area contributed by atoms with E-state index in [1.54, 1.807) is 6.92 Å². The molecule has 0 atom stereocenters. The number of anilines is 1. The lowest BCUT2D eigenvalue weighted by atomic mass is 10.1. The van der Waals surface area contributed by atoms with Gasteiger partial charge in [-0.1, -0.05) is 24.6 Å². The predicted octanol–water partition coefficient (Wildman–Crippen LogP) is 1.90. The fraction of sp³-hybridized carbons (Fsp3) is 0.533. The Morgan fingerprint density at radius 1 is 1.19 bits per heavy atom. The second kappa shape index (κ2) is 6.93. The van der Waals surface area contributed by atoms with Gasteiger partial charge in [-0.2, -0.15) is 0 Å². The molecule has 0 unspecified atom stereocenters. The van der Waals surface area contributed by atoms with Gasteiger partial charge in [0, 0.05) is 13.0 Å². The average Bonchev–Trinajstić information content (AvgIpc) is 2.34. The fourth-order valence-electron chi connectivity index (χ4n) is 2.43. The molecule has 1 amide bonds. The second-order valence-electron chi connectivity index (χ2n) is 5.29. The van der Waals surface area contributed by atoms with Gasteiger partial charge in [0.2, 0.25) is 15.9 Å². The summed E-state index contributed by atoms with van der Waals surface area (Å²) in [5.41, 5.74) is 3.63. The highest BCUT2D eigenvalue weighted by Gasteiger charge is 2.21. The molecule has 1 aromatic rings. The highest BCUT2D eigenvalue weighted by Crippen LogP contribution is 2.27. The molecule has 6 heteroatoms. The zero-order valence-electron chi connectivity index (χ0n) is 13.4. The van der Waals surface area contributed by atoms with Crippen LogP contribution in [0.1, 0.15) is 30.0 Å². The minimum Gasteiger partial charge on any atom is -0.354 e. The number of hydrogen-bond acceptors (Lipinski definition) is 3. The van der Waals surface area contributed by atoms with Crippen LogP contribution in [-0.2, 0) is 14.8 Å². The number of nitrogens with zero attached hydrogens (tertiary/aromatic N) is 1. The van der Waals surface area contributed by atoms with Crippen molar-refractivity contribution in [3.63, 3.8) is 0 Å². The maximum Gasteiger partial charge on any atom is 0.232 e. The molecule has 118 valence electrons. The van der Waals surface area contributed by atoms with Crippen LogP contribution in [0.4, 0.5) is 5.69 Å². The van der Waals surface area contributed by atoms with Gasteiger partial charge in [-0.3, -0.25) is 9.10 Å². The van der Waals surface area contributed by atoms with Crippen molar-refractivity contribution in [3.05, 3.63) is 28.8 Å². The van der Waals surface area contributed by atoms with Crippen molar-refractivity contribution in [1.29, 1.82) is 0 Å².